The Balaban J connectivity index is 1.75. The van der Waals surface area contributed by atoms with Crippen LogP contribution in [0.5, 0.6) is 5.75 Å². The van der Waals surface area contributed by atoms with Crippen LogP contribution in [0.3, 0.4) is 0 Å². The molecule has 6 nitrogen and oxygen atoms in total. The van der Waals surface area contributed by atoms with Gasteiger partial charge in [0.15, 0.2) is 0 Å². The Morgan fingerprint density at radius 2 is 1.49 bits per heavy atom. The van der Waals surface area contributed by atoms with Gasteiger partial charge in [-0.25, -0.2) is 8.42 Å². The van der Waals surface area contributed by atoms with Crippen molar-refractivity contribution in [3.05, 3.63) is 125 Å². The number of nitrogens with one attached hydrogen (secondary N) is 1. The maximum absolute atomic E-state index is 13.9. The van der Waals surface area contributed by atoms with Gasteiger partial charge in [0, 0.05) is 5.56 Å². The van der Waals surface area contributed by atoms with Gasteiger partial charge < -0.3 is 10.1 Å². The second kappa shape index (κ2) is 11.3. The molecule has 0 fully saturated rings. The molecule has 7 heteroatoms. The van der Waals surface area contributed by atoms with Crippen LogP contribution in [0.15, 0.2) is 108 Å². The minimum absolute atomic E-state index is 0.0728. The number of methoxy groups -OCH3 is 1. The van der Waals surface area contributed by atoms with Crippen LogP contribution < -0.4 is 14.4 Å². The summed E-state index contributed by atoms with van der Waals surface area (Å²) in [6.07, 6.45) is 0. The summed E-state index contributed by atoms with van der Waals surface area (Å²) < 4.78 is 34.6. The van der Waals surface area contributed by atoms with E-state index in [1.807, 2.05) is 68.4 Å². The summed E-state index contributed by atoms with van der Waals surface area (Å²) in [5.74, 6) is 0.280. The Kier molecular flexibility index (Phi) is 7.94. The van der Waals surface area contributed by atoms with Crippen molar-refractivity contribution >= 4 is 21.6 Å². The largest absolute Gasteiger partial charge is 0.496 e. The quantitative estimate of drug-likeness (QED) is 0.302. The second-order valence-electron chi connectivity index (χ2n) is 8.76. The highest BCUT2D eigenvalue weighted by molar-refractivity contribution is 7.92. The normalized spacial score (nSPS) is 12.0. The van der Waals surface area contributed by atoms with Crippen molar-refractivity contribution < 1.29 is 17.9 Å². The summed E-state index contributed by atoms with van der Waals surface area (Å²) in [6, 6.07) is 29.9. The van der Waals surface area contributed by atoms with Crippen molar-refractivity contribution in [3.8, 4) is 5.75 Å². The molecule has 0 unspecified atom stereocenters. The molecule has 0 aliphatic heterocycles. The molecule has 4 rings (SSSR count). The van der Waals surface area contributed by atoms with Gasteiger partial charge in [-0.05, 0) is 49.7 Å². The highest BCUT2D eigenvalue weighted by Gasteiger charge is 2.29. The van der Waals surface area contributed by atoms with Crippen LogP contribution in [0.25, 0.3) is 0 Å². The van der Waals surface area contributed by atoms with Gasteiger partial charge in [0.05, 0.1) is 35.8 Å². The fourth-order valence-corrected chi connectivity index (χ4v) is 5.62. The lowest BCUT2D eigenvalue weighted by molar-refractivity contribution is 0.0940. The SMILES string of the molecule is COc1ccccc1[C@H](C)NC(=O)c1ccccc1N(Cc1ccccc1)S(=O)(=O)c1ccc(C)cc1. The third kappa shape index (κ3) is 5.84. The first-order valence-corrected chi connectivity index (χ1v) is 13.4. The number of ether oxygens (including phenoxy) is 1. The summed E-state index contributed by atoms with van der Waals surface area (Å²) >= 11 is 0. The Labute approximate surface area is 218 Å². The van der Waals surface area contributed by atoms with E-state index in [1.54, 1.807) is 55.6 Å². The predicted octanol–water partition coefficient (Wildman–Crippen LogP) is 5.89. The van der Waals surface area contributed by atoms with Crippen LogP contribution in [0.2, 0.25) is 0 Å². The van der Waals surface area contributed by atoms with Crippen molar-refractivity contribution in [2.45, 2.75) is 31.3 Å². The van der Waals surface area contributed by atoms with Gasteiger partial charge in [-0.1, -0.05) is 78.4 Å². The number of benzene rings is 4. The van der Waals surface area contributed by atoms with Crippen molar-refractivity contribution in [1.29, 1.82) is 0 Å². The number of para-hydroxylation sites is 2. The number of nitrogens with zero attached hydrogens (tertiary/aromatic N) is 1. The van der Waals surface area contributed by atoms with Crippen LogP contribution >= 0.6 is 0 Å². The van der Waals surface area contributed by atoms with E-state index in [4.69, 9.17) is 4.74 Å². The van der Waals surface area contributed by atoms with Gasteiger partial charge in [-0.15, -0.1) is 0 Å². The van der Waals surface area contributed by atoms with Gasteiger partial charge in [0.1, 0.15) is 5.75 Å². The third-order valence-corrected chi connectivity index (χ3v) is 7.92. The zero-order valence-electron chi connectivity index (χ0n) is 21.1. The van der Waals surface area contributed by atoms with E-state index < -0.39 is 10.0 Å². The van der Waals surface area contributed by atoms with E-state index in [0.717, 1.165) is 16.7 Å². The zero-order chi connectivity index (χ0) is 26.4. The van der Waals surface area contributed by atoms with Crippen LogP contribution in [0.4, 0.5) is 5.69 Å². The second-order valence-corrected chi connectivity index (χ2v) is 10.6. The number of anilines is 1. The maximum Gasteiger partial charge on any atom is 0.264 e. The van der Waals surface area contributed by atoms with E-state index >= 15 is 0 Å². The molecule has 190 valence electrons. The van der Waals surface area contributed by atoms with E-state index in [-0.39, 0.29) is 29.0 Å². The lowest BCUT2D eigenvalue weighted by Crippen LogP contribution is -2.34. The number of aryl methyl sites for hydroxylation is 1. The smallest absolute Gasteiger partial charge is 0.264 e. The Morgan fingerprint density at radius 1 is 0.865 bits per heavy atom. The predicted molar refractivity (Wildman–Crippen MR) is 146 cm³/mol. The van der Waals surface area contributed by atoms with Crippen molar-refractivity contribution in [3.63, 3.8) is 0 Å². The maximum atomic E-state index is 13.9. The summed E-state index contributed by atoms with van der Waals surface area (Å²) in [7, 11) is -2.40. The topological polar surface area (TPSA) is 75.7 Å². The molecule has 1 N–H and O–H groups in total. The number of sulfonamides is 1. The summed E-state index contributed by atoms with van der Waals surface area (Å²) in [4.78, 5) is 13.7. The lowest BCUT2D eigenvalue weighted by atomic mass is 10.1. The molecule has 0 radical (unpaired) electrons. The minimum atomic E-state index is -3.98. The van der Waals surface area contributed by atoms with Crippen LogP contribution in [0.1, 0.15) is 40.0 Å². The third-order valence-electron chi connectivity index (χ3n) is 6.15. The van der Waals surface area contributed by atoms with Crippen LogP contribution in [-0.4, -0.2) is 21.4 Å². The fourth-order valence-electron chi connectivity index (χ4n) is 4.15. The van der Waals surface area contributed by atoms with Gasteiger partial charge in [0.2, 0.25) is 0 Å². The Hall–Kier alpha value is -4.10. The first-order chi connectivity index (χ1) is 17.8. The molecule has 0 heterocycles. The lowest BCUT2D eigenvalue weighted by Gasteiger charge is -2.27. The molecular formula is C30H30N2O4S. The molecule has 4 aromatic carbocycles. The molecular weight excluding hydrogens is 484 g/mol. The monoisotopic (exact) mass is 514 g/mol. The summed E-state index contributed by atoms with van der Waals surface area (Å²) in [5, 5.41) is 3.00. The Morgan fingerprint density at radius 3 is 2.19 bits per heavy atom. The number of amides is 1. The van der Waals surface area contributed by atoms with E-state index in [1.165, 1.54) is 4.31 Å². The number of hydrogen-bond acceptors (Lipinski definition) is 4. The van der Waals surface area contributed by atoms with Crippen molar-refractivity contribution in [1.82, 2.24) is 5.32 Å². The molecule has 37 heavy (non-hydrogen) atoms. The fraction of sp³-hybridized carbons (Fsp3) is 0.167. The van der Waals surface area contributed by atoms with Gasteiger partial charge in [-0.3, -0.25) is 9.10 Å². The minimum Gasteiger partial charge on any atom is -0.496 e. The summed E-state index contributed by atoms with van der Waals surface area (Å²) in [6.45, 7) is 3.84. The van der Waals surface area contributed by atoms with Gasteiger partial charge in [0.25, 0.3) is 15.9 Å². The zero-order valence-corrected chi connectivity index (χ0v) is 21.9. The molecule has 1 amide bonds. The number of hydrogen-bond donors (Lipinski definition) is 1. The van der Waals surface area contributed by atoms with E-state index in [2.05, 4.69) is 5.32 Å². The first kappa shape index (κ1) is 26.0. The molecule has 0 spiro atoms. The highest BCUT2D eigenvalue weighted by atomic mass is 32.2. The molecule has 0 saturated carbocycles. The summed E-state index contributed by atoms with van der Waals surface area (Å²) in [5.41, 5.74) is 3.14. The van der Waals surface area contributed by atoms with Gasteiger partial charge in [-0.2, -0.15) is 0 Å². The van der Waals surface area contributed by atoms with E-state index in [9.17, 15) is 13.2 Å². The number of rotatable bonds is 9. The van der Waals surface area contributed by atoms with Crippen molar-refractivity contribution in [2.24, 2.45) is 0 Å². The molecule has 0 bridgehead atoms. The standard InChI is InChI=1S/C30H30N2O4S/c1-22-17-19-25(20-18-22)37(34,35)32(21-24-11-5-4-6-12-24)28-15-9-7-14-27(28)30(33)31-23(2)26-13-8-10-16-29(26)36-3/h4-20,23H,21H2,1-3H3,(H,31,33)/t23-/m0/s1. The molecule has 0 aromatic heterocycles. The molecule has 1 atom stereocenters. The Bertz CT molecular complexity index is 1470. The van der Waals surface area contributed by atoms with Crippen molar-refractivity contribution in [2.75, 3.05) is 11.4 Å². The highest BCUT2D eigenvalue weighted by Crippen LogP contribution is 2.31. The molecule has 0 aliphatic carbocycles. The first-order valence-electron chi connectivity index (χ1n) is 12.0. The van der Waals surface area contributed by atoms with Crippen LogP contribution in [-0.2, 0) is 16.6 Å². The molecule has 4 aromatic rings. The average Bonchev–Trinajstić information content (AvgIpc) is 2.92. The number of carbonyl (C=O) groups excluding carboxylic acids is 1. The molecule has 0 aliphatic rings. The van der Waals surface area contributed by atoms with Crippen LogP contribution in [0, 0.1) is 6.92 Å². The average molecular weight is 515 g/mol. The van der Waals surface area contributed by atoms with Gasteiger partial charge >= 0.3 is 0 Å². The number of carbonyl (C=O) groups is 1. The van der Waals surface area contributed by atoms with E-state index in [0.29, 0.717) is 11.4 Å². The molecule has 0 saturated heterocycles.